The molecule has 0 bridgehead atoms. The zero-order valence-electron chi connectivity index (χ0n) is 12.1. The van der Waals surface area contributed by atoms with Gasteiger partial charge in [0.25, 0.3) is 0 Å². The summed E-state index contributed by atoms with van der Waals surface area (Å²) in [5, 5.41) is 0.681. The molecule has 0 radical (unpaired) electrons. The molecule has 0 spiro atoms. The molecule has 2 N–H and O–H groups in total. The van der Waals surface area contributed by atoms with Crippen molar-refractivity contribution < 1.29 is 9.47 Å². The third-order valence-electron chi connectivity index (χ3n) is 3.04. The smallest absolute Gasteiger partial charge is 0.120 e. The molecule has 0 aliphatic rings. The van der Waals surface area contributed by atoms with Crippen LogP contribution in [0.1, 0.15) is 24.5 Å². The van der Waals surface area contributed by atoms with E-state index in [0.29, 0.717) is 18.2 Å². The van der Waals surface area contributed by atoms with E-state index in [4.69, 9.17) is 26.8 Å². The number of rotatable bonds is 7. The number of ether oxygens (including phenoxy) is 2. The lowest BCUT2D eigenvalue weighted by Gasteiger charge is -2.10. The maximum Gasteiger partial charge on any atom is 0.120 e. The van der Waals surface area contributed by atoms with Crippen molar-refractivity contribution in [2.45, 2.75) is 26.5 Å². The van der Waals surface area contributed by atoms with E-state index in [1.54, 1.807) is 0 Å². The Balaban J connectivity index is 1.93. The molecule has 0 saturated heterocycles. The van der Waals surface area contributed by atoms with Gasteiger partial charge in [-0.2, -0.15) is 0 Å². The quantitative estimate of drug-likeness (QED) is 0.835. The van der Waals surface area contributed by atoms with Gasteiger partial charge in [-0.1, -0.05) is 30.7 Å². The van der Waals surface area contributed by atoms with Gasteiger partial charge in [0.15, 0.2) is 0 Å². The van der Waals surface area contributed by atoms with Gasteiger partial charge in [0.1, 0.15) is 18.1 Å². The number of halogens is 1. The van der Waals surface area contributed by atoms with E-state index in [0.717, 1.165) is 35.7 Å². The monoisotopic (exact) mass is 305 g/mol. The summed E-state index contributed by atoms with van der Waals surface area (Å²) >= 11 is 6.20. The maximum atomic E-state index is 6.20. The molecule has 2 aromatic carbocycles. The van der Waals surface area contributed by atoms with Crippen molar-refractivity contribution in [3.8, 4) is 11.5 Å². The molecule has 0 saturated carbocycles. The van der Waals surface area contributed by atoms with Crippen LogP contribution in [-0.4, -0.2) is 6.61 Å². The van der Waals surface area contributed by atoms with Crippen molar-refractivity contribution in [2.24, 2.45) is 5.73 Å². The van der Waals surface area contributed by atoms with Crippen molar-refractivity contribution >= 4 is 11.6 Å². The lowest BCUT2D eigenvalue weighted by Crippen LogP contribution is -2.00. The minimum atomic E-state index is 0.429. The predicted molar refractivity (Wildman–Crippen MR) is 85.9 cm³/mol. The van der Waals surface area contributed by atoms with Crippen LogP contribution in [0.2, 0.25) is 5.02 Å². The molecule has 0 heterocycles. The summed E-state index contributed by atoms with van der Waals surface area (Å²) in [6.07, 6.45) is 0.996. The van der Waals surface area contributed by atoms with Crippen molar-refractivity contribution in [1.82, 2.24) is 0 Å². The van der Waals surface area contributed by atoms with Crippen molar-refractivity contribution in [1.29, 1.82) is 0 Å². The van der Waals surface area contributed by atoms with E-state index in [-0.39, 0.29) is 0 Å². The highest BCUT2D eigenvalue weighted by molar-refractivity contribution is 6.31. The van der Waals surface area contributed by atoms with Crippen LogP contribution in [0, 0.1) is 0 Å². The Hall–Kier alpha value is -1.71. The van der Waals surface area contributed by atoms with Gasteiger partial charge in [0.05, 0.1) is 6.61 Å². The Morgan fingerprint density at radius 1 is 1.00 bits per heavy atom. The van der Waals surface area contributed by atoms with E-state index in [9.17, 15) is 0 Å². The maximum absolute atomic E-state index is 6.20. The van der Waals surface area contributed by atoms with Crippen molar-refractivity contribution in [2.75, 3.05) is 6.61 Å². The van der Waals surface area contributed by atoms with Gasteiger partial charge in [0, 0.05) is 17.1 Å². The van der Waals surface area contributed by atoms with Gasteiger partial charge in [-0.3, -0.25) is 0 Å². The first-order chi connectivity index (χ1) is 10.2. The molecule has 0 unspecified atom stereocenters. The van der Waals surface area contributed by atoms with E-state index < -0.39 is 0 Å². The van der Waals surface area contributed by atoms with Gasteiger partial charge in [-0.25, -0.2) is 0 Å². The second-order valence-electron chi connectivity index (χ2n) is 4.74. The molecule has 0 aliphatic carbocycles. The van der Waals surface area contributed by atoms with Gasteiger partial charge < -0.3 is 15.2 Å². The molecule has 112 valence electrons. The van der Waals surface area contributed by atoms with Gasteiger partial charge >= 0.3 is 0 Å². The summed E-state index contributed by atoms with van der Waals surface area (Å²) < 4.78 is 11.3. The van der Waals surface area contributed by atoms with Crippen LogP contribution in [0.15, 0.2) is 42.5 Å². The summed E-state index contributed by atoms with van der Waals surface area (Å²) in [5.74, 6) is 1.65. The third-order valence-corrected chi connectivity index (χ3v) is 3.40. The lowest BCUT2D eigenvalue weighted by atomic mass is 10.1. The van der Waals surface area contributed by atoms with E-state index in [1.807, 2.05) is 42.5 Å². The Labute approximate surface area is 130 Å². The molecular formula is C17H20ClNO2. The van der Waals surface area contributed by atoms with Gasteiger partial charge in [-0.15, -0.1) is 0 Å². The lowest BCUT2D eigenvalue weighted by molar-refractivity contribution is 0.301. The minimum absolute atomic E-state index is 0.429. The molecular weight excluding hydrogens is 286 g/mol. The van der Waals surface area contributed by atoms with Crippen LogP contribution < -0.4 is 15.2 Å². The summed E-state index contributed by atoms with van der Waals surface area (Å²) in [6, 6.07) is 13.4. The molecule has 4 heteroatoms. The van der Waals surface area contributed by atoms with Crippen LogP contribution in [0.4, 0.5) is 0 Å². The SMILES string of the molecule is CCCOc1ccc(OCc2ccc(CN)cc2Cl)cc1. The normalized spacial score (nSPS) is 10.4. The van der Waals surface area contributed by atoms with Crippen LogP contribution in [0.3, 0.4) is 0 Å². The molecule has 0 atom stereocenters. The summed E-state index contributed by atoms with van der Waals surface area (Å²) in [6.45, 7) is 3.72. The summed E-state index contributed by atoms with van der Waals surface area (Å²) in [7, 11) is 0. The second kappa shape index (κ2) is 7.91. The zero-order valence-corrected chi connectivity index (χ0v) is 12.9. The van der Waals surface area contributed by atoms with Crippen molar-refractivity contribution in [3.05, 3.63) is 58.6 Å². The number of hydrogen-bond acceptors (Lipinski definition) is 3. The van der Waals surface area contributed by atoms with E-state index in [1.165, 1.54) is 0 Å². The second-order valence-corrected chi connectivity index (χ2v) is 5.15. The predicted octanol–water partition coefficient (Wildman–Crippen LogP) is 4.17. The fraction of sp³-hybridized carbons (Fsp3) is 0.294. The van der Waals surface area contributed by atoms with E-state index >= 15 is 0 Å². The fourth-order valence-corrected chi connectivity index (χ4v) is 2.11. The highest BCUT2D eigenvalue weighted by atomic mass is 35.5. The first kappa shape index (κ1) is 15.7. The van der Waals surface area contributed by atoms with Crippen LogP contribution >= 0.6 is 11.6 Å². The molecule has 2 rings (SSSR count). The molecule has 2 aromatic rings. The molecule has 3 nitrogen and oxygen atoms in total. The average Bonchev–Trinajstić information content (AvgIpc) is 2.52. The average molecular weight is 306 g/mol. The number of nitrogens with two attached hydrogens (primary N) is 1. The Morgan fingerprint density at radius 2 is 1.67 bits per heavy atom. The largest absolute Gasteiger partial charge is 0.494 e. The molecule has 0 aliphatic heterocycles. The van der Waals surface area contributed by atoms with Crippen LogP contribution in [0.5, 0.6) is 11.5 Å². The first-order valence-electron chi connectivity index (χ1n) is 7.06. The summed E-state index contributed by atoms with van der Waals surface area (Å²) in [5.41, 5.74) is 7.54. The van der Waals surface area contributed by atoms with Crippen molar-refractivity contribution in [3.63, 3.8) is 0 Å². The topological polar surface area (TPSA) is 44.5 Å². The molecule has 0 amide bonds. The Kier molecular flexibility index (Phi) is 5.90. The molecule has 0 aromatic heterocycles. The standard InChI is InChI=1S/C17H20ClNO2/c1-2-9-20-15-5-7-16(8-6-15)21-12-14-4-3-13(11-19)10-17(14)18/h3-8,10H,2,9,11-12,19H2,1H3. The molecule has 0 fully saturated rings. The van der Waals surface area contributed by atoms with Gasteiger partial charge in [-0.05, 0) is 42.3 Å². The molecule has 21 heavy (non-hydrogen) atoms. The van der Waals surface area contributed by atoms with Crippen LogP contribution in [0.25, 0.3) is 0 Å². The van der Waals surface area contributed by atoms with Crippen LogP contribution in [-0.2, 0) is 13.2 Å². The zero-order chi connectivity index (χ0) is 15.1. The minimum Gasteiger partial charge on any atom is -0.494 e. The third kappa shape index (κ3) is 4.66. The first-order valence-corrected chi connectivity index (χ1v) is 7.43. The number of benzene rings is 2. The Morgan fingerprint density at radius 3 is 2.24 bits per heavy atom. The number of hydrogen-bond donors (Lipinski definition) is 1. The Bertz CT molecular complexity index is 570. The van der Waals surface area contributed by atoms with Gasteiger partial charge in [0.2, 0.25) is 0 Å². The fourth-order valence-electron chi connectivity index (χ4n) is 1.85. The highest BCUT2D eigenvalue weighted by Gasteiger charge is 2.03. The highest BCUT2D eigenvalue weighted by Crippen LogP contribution is 2.22. The van der Waals surface area contributed by atoms with E-state index in [2.05, 4.69) is 6.92 Å². The summed E-state index contributed by atoms with van der Waals surface area (Å²) in [4.78, 5) is 0.